The van der Waals surface area contributed by atoms with E-state index in [-0.39, 0.29) is 5.91 Å². The van der Waals surface area contributed by atoms with Gasteiger partial charge >= 0.3 is 0 Å². The lowest BCUT2D eigenvalue weighted by atomic mass is 10.1. The van der Waals surface area contributed by atoms with Gasteiger partial charge in [0, 0.05) is 17.8 Å². The summed E-state index contributed by atoms with van der Waals surface area (Å²) in [6.45, 7) is 2.70. The number of rotatable bonds is 6. The fourth-order valence-corrected chi connectivity index (χ4v) is 2.65. The van der Waals surface area contributed by atoms with Crippen LogP contribution < -0.4 is 14.8 Å². The molecule has 6 heteroatoms. The van der Waals surface area contributed by atoms with Crippen molar-refractivity contribution in [3.05, 3.63) is 71.5 Å². The van der Waals surface area contributed by atoms with Crippen molar-refractivity contribution in [1.29, 1.82) is 0 Å². The molecule has 3 aromatic rings. The van der Waals surface area contributed by atoms with Gasteiger partial charge in [0.15, 0.2) is 0 Å². The van der Waals surface area contributed by atoms with Crippen molar-refractivity contribution in [2.24, 2.45) is 0 Å². The van der Waals surface area contributed by atoms with E-state index in [0.717, 1.165) is 5.56 Å². The van der Waals surface area contributed by atoms with E-state index >= 15 is 0 Å². The topological polar surface area (TPSA) is 65.4 Å². The highest BCUT2D eigenvalue weighted by molar-refractivity contribution is 6.04. The van der Waals surface area contributed by atoms with Crippen molar-refractivity contribution in [3.63, 3.8) is 0 Å². The number of aryl methyl sites for hydroxylation is 1. The van der Waals surface area contributed by atoms with Crippen LogP contribution in [0, 0.1) is 6.92 Å². The van der Waals surface area contributed by atoms with Gasteiger partial charge in [-0.15, -0.1) is 0 Å². The third-order valence-corrected chi connectivity index (χ3v) is 3.93. The molecule has 0 saturated carbocycles. The fourth-order valence-electron chi connectivity index (χ4n) is 2.65. The summed E-state index contributed by atoms with van der Waals surface area (Å²) < 4.78 is 12.2. The van der Waals surface area contributed by atoms with Crippen molar-refractivity contribution in [2.45, 2.75) is 13.5 Å². The van der Waals surface area contributed by atoms with E-state index in [2.05, 4.69) is 35.5 Å². The van der Waals surface area contributed by atoms with Gasteiger partial charge in [-0.1, -0.05) is 29.8 Å². The normalized spacial score (nSPS) is 10.4. The molecule has 3 rings (SSSR count). The molecule has 0 aliphatic carbocycles. The van der Waals surface area contributed by atoms with Crippen molar-refractivity contribution < 1.29 is 14.3 Å². The Morgan fingerprint density at radius 1 is 1.12 bits per heavy atom. The van der Waals surface area contributed by atoms with Crippen LogP contribution in [0.4, 0.5) is 5.69 Å². The first kappa shape index (κ1) is 17.5. The van der Waals surface area contributed by atoms with Crippen LogP contribution in [0.3, 0.4) is 0 Å². The summed E-state index contributed by atoms with van der Waals surface area (Å²) in [4.78, 5) is 12.5. The quantitative estimate of drug-likeness (QED) is 0.738. The Kier molecular flexibility index (Phi) is 5.22. The number of methoxy groups -OCH3 is 2. The Morgan fingerprint density at radius 2 is 1.85 bits per heavy atom. The number of anilines is 1. The van der Waals surface area contributed by atoms with Gasteiger partial charge in [-0.2, -0.15) is 5.10 Å². The third kappa shape index (κ3) is 4.22. The highest BCUT2D eigenvalue weighted by Gasteiger charge is 2.11. The van der Waals surface area contributed by atoms with Crippen LogP contribution in [0.5, 0.6) is 11.5 Å². The lowest BCUT2D eigenvalue weighted by molar-refractivity contribution is 0.102. The number of nitrogens with zero attached hydrogens (tertiary/aromatic N) is 2. The van der Waals surface area contributed by atoms with Crippen LogP contribution in [0.1, 0.15) is 21.5 Å². The second-order valence-corrected chi connectivity index (χ2v) is 5.97. The minimum Gasteiger partial charge on any atom is -0.497 e. The summed E-state index contributed by atoms with van der Waals surface area (Å²) in [7, 11) is 3.09. The van der Waals surface area contributed by atoms with Crippen molar-refractivity contribution in [2.75, 3.05) is 19.5 Å². The van der Waals surface area contributed by atoms with E-state index in [1.807, 2.05) is 6.07 Å². The maximum absolute atomic E-state index is 12.5. The van der Waals surface area contributed by atoms with E-state index in [1.54, 1.807) is 49.5 Å². The second-order valence-electron chi connectivity index (χ2n) is 5.97. The molecule has 0 unspecified atom stereocenters. The number of benzene rings is 2. The molecule has 1 aromatic heterocycles. The van der Waals surface area contributed by atoms with Gasteiger partial charge in [-0.3, -0.25) is 9.48 Å². The number of ether oxygens (including phenoxy) is 2. The highest BCUT2D eigenvalue weighted by atomic mass is 16.5. The Bertz CT molecular complexity index is 896. The van der Waals surface area contributed by atoms with E-state index in [0.29, 0.717) is 29.3 Å². The second kappa shape index (κ2) is 7.74. The Morgan fingerprint density at radius 3 is 2.50 bits per heavy atom. The number of amides is 1. The summed E-state index contributed by atoms with van der Waals surface area (Å²) in [6.07, 6.45) is 3.43. The van der Waals surface area contributed by atoms with Gasteiger partial charge < -0.3 is 14.8 Å². The number of carbonyl (C=O) groups is 1. The van der Waals surface area contributed by atoms with Crippen molar-refractivity contribution in [1.82, 2.24) is 9.78 Å². The van der Waals surface area contributed by atoms with Gasteiger partial charge in [0.2, 0.25) is 0 Å². The fraction of sp³-hybridized carbons (Fsp3) is 0.200. The smallest absolute Gasteiger partial charge is 0.256 e. The first-order valence-corrected chi connectivity index (χ1v) is 8.20. The van der Waals surface area contributed by atoms with Crippen LogP contribution in [0.15, 0.2) is 54.9 Å². The van der Waals surface area contributed by atoms with Crippen LogP contribution in [-0.4, -0.2) is 29.9 Å². The lowest BCUT2D eigenvalue weighted by Crippen LogP contribution is -2.11. The van der Waals surface area contributed by atoms with Crippen LogP contribution in [0.2, 0.25) is 0 Å². The average molecular weight is 351 g/mol. The summed E-state index contributed by atoms with van der Waals surface area (Å²) in [5, 5.41) is 7.15. The van der Waals surface area contributed by atoms with E-state index in [1.165, 1.54) is 5.56 Å². The maximum Gasteiger partial charge on any atom is 0.256 e. The summed E-state index contributed by atoms with van der Waals surface area (Å²) in [5.74, 6) is 0.867. The van der Waals surface area contributed by atoms with E-state index in [9.17, 15) is 4.79 Å². The molecule has 0 atom stereocenters. The number of hydrogen-bond donors (Lipinski definition) is 1. The zero-order chi connectivity index (χ0) is 18.5. The number of carbonyl (C=O) groups excluding carboxylic acids is 1. The van der Waals surface area contributed by atoms with Gasteiger partial charge in [0.05, 0.1) is 32.6 Å². The predicted octanol–water partition coefficient (Wildman–Crippen LogP) is 3.51. The molecule has 134 valence electrons. The minimum absolute atomic E-state index is 0.252. The largest absolute Gasteiger partial charge is 0.497 e. The molecule has 1 amide bonds. The summed E-state index contributed by atoms with van der Waals surface area (Å²) >= 11 is 0. The van der Waals surface area contributed by atoms with Gasteiger partial charge in [0.1, 0.15) is 11.5 Å². The van der Waals surface area contributed by atoms with Crippen LogP contribution in [0.25, 0.3) is 0 Å². The number of nitrogens with one attached hydrogen (secondary N) is 1. The van der Waals surface area contributed by atoms with Crippen molar-refractivity contribution >= 4 is 11.6 Å². The zero-order valence-electron chi connectivity index (χ0n) is 15.0. The number of aromatic nitrogens is 2. The van der Waals surface area contributed by atoms with Gasteiger partial charge in [-0.25, -0.2) is 0 Å². The predicted molar refractivity (Wildman–Crippen MR) is 100 cm³/mol. The SMILES string of the molecule is COc1cc(OC)cc(C(=O)Nc2cnn(Cc3cccc(C)c3)c2)c1. The molecule has 1 heterocycles. The van der Waals surface area contributed by atoms with Gasteiger partial charge in [0.25, 0.3) is 5.91 Å². The molecule has 0 aliphatic rings. The lowest BCUT2D eigenvalue weighted by Gasteiger charge is -2.08. The molecule has 1 N–H and O–H groups in total. The monoisotopic (exact) mass is 351 g/mol. The summed E-state index contributed by atoms with van der Waals surface area (Å²) in [5.41, 5.74) is 3.44. The summed E-state index contributed by atoms with van der Waals surface area (Å²) in [6, 6.07) is 13.3. The molecule has 2 aromatic carbocycles. The first-order chi connectivity index (χ1) is 12.6. The average Bonchev–Trinajstić information content (AvgIpc) is 3.07. The molecule has 0 fully saturated rings. The Balaban J connectivity index is 1.71. The molecular weight excluding hydrogens is 330 g/mol. The first-order valence-electron chi connectivity index (χ1n) is 8.20. The molecule has 0 aliphatic heterocycles. The molecule has 0 saturated heterocycles. The van der Waals surface area contributed by atoms with E-state index < -0.39 is 0 Å². The minimum atomic E-state index is -0.252. The Labute approximate surface area is 152 Å². The number of hydrogen-bond acceptors (Lipinski definition) is 4. The molecule has 6 nitrogen and oxygen atoms in total. The Hall–Kier alpha value is -3.28. The zero-order valence-corrected chi connectivity index (χ0v) is 15.0. The van der Waals surface area contributed by atoms with Gasteiger partial charge in [-0.05, 0) is 24.6 Å². The third-order valence-electron chi connectivity index (χ3n) is 3.93. The molecule has 0 radical (unpaired) electrons. The molecular formula is C20H21N3O3. The molecule has 0 bridgehead atoms. The van der Waals surface area contributed by atoms with E-state index in [4.69, 9.17) is 9.47 Å². The molecule has 0 spiro atoms. The van der Waals surface area contributed by atoms with Crippen LogP contribution >= 0.6 is 0 Å². The van der Waals surface area contributed by atoms with Crippen molar-refractivity contribution in [3.8, 4) is 11.5 Å². The molecule has 26 heavy (non-hydrogen) atoms. The van der Waals surface area contributed by atoms with Crippen LogP contribution in [-0.2, 0) is 6.54 Å². The standard InChI is InChI=1S/C20H21N3O3/c1-14-5-4-6-15(7-14)12-23-13-17(11-21-23)22-20(24)16-8-18(25-2)10-19(9-16)26-3/h4-11,13H,12H2,1-3H3,(H,22,24). The highest BCUT2D eigenvalue weighted by Crippen LogP contribution is 2.23. The maximum atomic E-state index is 12.5.